The summed E-state index contributed by atoms with van der Waals surface area (Å²) in [5, 5.41) is 3.78. The van der Waals surface area contributed by atoms with Gasteiger partial charge in [-0.25, -0.2) is 0 Å². The Kier molecular flexibility index (Phi) is 3.88. The fraction of sp³-hybridized carbons (Fsp3) is 0.529. The Morgan fingerprint density at radius 1 is 1.26 bits per heavy atom. The average molecular weight is 257 g/mol. The lowest BCUT2D eigenvalue weighted by molar-refractivity contribution is 0.184. The zero-order valence-corrected chi connectivity index (χ0v) is 11.6. The molecule has 0 saturated heterocycles. The van der Waals surface area contributed by atoms with Crippen LogP contribution in [-0.2, 0) is 0 Å². The number of nitrogens with one attached hydrogen (secondary N) is 1. The highest BCUT2D eigenvalue weighted by Gasteiger charge is 2.27. The maximum Gasteiger partial charge on any atom is 0.124 e. The molecule has 1 aromatic carbocycles. The third-order valence-electron chi connectivity index (χ3n) is 4.33. The standard InChI is InChI=1S/C17H23NO/c1-13-12-19-16-10-6-5-9-15(16)17(13)18-11-14-7-3-2-4-8-14/h2-3,5-6,9-10,13-14,17-18H,4,7-8,11-12H2,1H3. The molecule has 2 nitrogen and oxygen atoms in total. The zero-order chi connectivity index (χ0) is 13.1. The van der Waals surface area contributed by atoms with Gasteiger partial charge in [-0.15, -0.1) is 0 Å². The molecule has 3 atom stereocenters. The molecular weight excluding hydrogens is 234 g/mol. The van der Waals surface area contributed by atoms with Crippen molar-refractivity contribution in [2.45, 2.75) is 32.2 Å². The summed E-state index contributed by atoms with van der Waals surface area (Å²) < 4.78 is 5.81. The van der Waals surface area contributed by atoms with Crippen molar-refractivity contribution in [1.29, 1.82) is 0 Å². The van der Waals surface area contributed by atoms with Gasteiger partial charge >= 0.3 is 0 Å². The molecule has 2 heteroatoms. The van der Waals surface area contributed by atoms with Crippen molar-refractivity contribution in [3.05, 3.63) is 42.0 Å². The number of hydrogen-bond donors (Lipinski definition) is 1. The fourth-order valence-corrected chi connectivity index (χ4v) is 3.14. The van der Waals surface area contributed by atoms with Crippen molar-refractivity contribution in [3.8, 4) is 5.75 Å². The minimum atomic E-state index is 0.441. The molecule has 0 bridgehead atoms. The summed E-state index contributed by atoms with van der Waals surface area (Å²) in [7, 11) is 0. The van der Waals surface area contributed by atoms with E-state index in [9.17, 15) is 0 Å². The Labute approximate surface area is 115 Å². The molecule has 19 heavy (non-hydrogen) atoms. The van der Waals surface area contributed by atoms with E-state index >= 15 is 0 Å². The van der Waals surface area contributed by atoms with E-state index in [1.807, 2.05) is 0 Å². The average Bonchev–Trinajstić information content (AvgIpc) is 2.47. The third kappa shape index (κ3) is 2.84. The number of allylic oxidation sites excluding steroid dienone is 2. The van der Waals surface area contributed by atoms with Gasteiger partial charge in [-0.05, 0) is 37.8 Å². The number of hydrogen-bond acceptors (Lipinski definition) is 2. The molecule has 3 unspecified atom stereocenters. The summed E-state index contributed by atoms with van der Waals surface area (Å²) in [6.07, 6.45) is 8.43. The van der Waals surface area contributed by atoms with Gasteiger partial charge in [-0.2, -0.15) is 0 Å². The minimum absolute atomic E-state index is 0.441. The van der Waals surface area contributed by atoms with Crippen LogP contribution in [0.3, 0.4) is 0 Å². The molecule has 0 saturated carbocycles. The number of fused-ring (bicyclic) bond motifs is 1. The van der Waals surface area contributed by atoms with Crippen molar-refractivity contribution < 1.29 is 4.74 Å². The van der Waals surface area contributed by atoms with E-state index in [-0.39, 0.29) is 0 Å². The second-order valence-corrected chi connectivity index (χ2v) is 5.86. The molecule has 0 spiro atoms. The van der Waals surface area contributed by atoms with Crippen LogP contribution in [0.2, 0.25) is 0 Å². The lowest BCUT2D eigenvalue weighted by Gasteiger charge is -2.33. The molecule has 0 amide bonds. The fourth-order valence-electron chi connectivity index (χ4n) is 3.14. The molecule has 2 aliphatic rings. The van der Waals surface area contributed by atoms with Crippen molar-refractivity contribution in [1.82, 2.24) is 5.32 Å². The van der Waals surface area contributed by atoms with Gasteiger partial charge in [0.2, 0.25) is 0 Å². The van der Waals surface area contributed by atoms with Gasteiger partial charge in [0.05, 0.1) is 6.61 Å². The predicted molar refractivity (Wildman–Crippen MR) is 78.3 cm³/mol. The van der Waals surface area contributed by atoms with E-state index in [2.05, 4.69) is 48.7 Å². The smallest absolute Gasteiger partial charge is 0.124 e. The topological polar surface area (TPSA) is 21.3 Å². The highest BCUT2D eigenvalue weighted by Crippen LogP contribution is 2.35. The largest absolute Gasteiger partial charge is 0.493 e. The van der Waals surface area contributed by atoms with E-state index < -0.39 is 0 Å². The highest BCUT2D eigenvalue weighted by atomic mass is 16.5. The SMILES string of the molecule is CC1COc2ccccc2C1NCC1CC=CCC1. The van der Waals surface area contributed by atoms with Crippen LogP contribution in [0.25, 0.3) is 0 Å². The van der Waals surface area contributed by atoms with Crippen molar-refractivity contribution >= 4 is 0 Å². The first-order valence-electron chi connectivity index (χ1n) is 7.44. The monoisotopic (exact) mass is 257 g/mol. The first-order valence-corrected chi connectivity index (χ1v) is 7.44. The van der Waals surface area contributed by atoms with Crippen LogP contribution >= 0.6 is 0 Å². The maximum atomic E-state index is 5.81. The summed E-state index contributed by atoms with van der Waals surface area (Å²) in [6, 6.07) is 8.88. The normalized spacial score (nSPS) is 29.6. The zero-order valence-electron chi connectivity index (χ0n) is 11.6. The van der Waals surface area contributed by atoms with Crippen LogP contribution in [0, 0.1) is 11.8 Å². The van der Waals surface area contributed by atoms with E-state index in [1.54, 1.807) is 0 Å². The Hall–Kier alpha value is -1.28. The van der Waals surface area contributed by atoms with E-state index in [0.29, 0.717) is 12.0 Å². The van der Waals surface area contributed by atoms with Crippen LogP contribution in [0.5, 0.6) is 5.75 Å². The second-order valence-electron chi connectivity index (χ2n) is 5.86. The van der Waals surface area contributed by atoms with Gasteiger partial charge in [0.25, 0.3) is 0 Å². The van der Waals surface area contributed by atoms with E-state index in [4.69, 9.17) is 4.74 Å². The molecule has 0 fully saturated rings. The first kappa shape index (κ1) is 12.7. The number of ether oxygens (including phenoxy) is 1. The molecule has 0 aromatic heterocycles. The highest BCUT2D eigenvalue weighted by molar-refractivity contribution is 5.37. The Morgan fingerprint density at radius 3 is 3.00 bits per heavy atom. The van der Waals surface area contributed by atoms with Crippen LogP contribution in [0.4, 0.5) is 0 Å². The summed E-state index contributed by atoms with van der Waals surface area (Å²) in [5.41, 5.74) is 1.33. The van der Waals surface area contributed by atoms with Crippen molar-refractivity contribution in [2.75, 3.05) is 13.2 Å². The Morgan fingerprint density at radius 2 is 2.16 bits per heavy atom. The molecule has 1 N–H and O–H groups in total. The third-order valence-corrected chi connectivity index (χ3v) is 4.33. The molecule has 0 radical (unpaired) electrons. The lowest BCUT2D eigenvalue weighted by atomic mass is 9.90. The van der Waals surface area contributed by atoms with E-state index in [0.717, 1.165) is 24.8 Å². The summed E-state index contributed by atoms with van der Waals surface area (Å²) in [5.74, 6) is 2.39. The number of para-hydroxylation sites is 1. The number of benzene rings is 1. The Bertz CT molecular complexity index is 454. The predicted octanol–water partition coefficient (Wildman–Crippen LogP) is 3.70. The molecule has 1 heterocycles. The molecule has 1 aliphatic heterocycles. The number of rotatable bonds is 3. The lowest BCUT2D eigenvalue weighted by Crippen LogP contribution is -2.36. The van der Waals surface area contributed by atoms with Crippen LogP contribution in [0.15, 0.2) is 36.4 Å². The van der Waals surface area contributed by atoms with Crippen LogP contribution < -0.4 is 10.1 Å². The molecule has 1 aromatic rings. The quantitative estimate of drug-likeness (QED) is 0.834. The second kappa shape index (κ2) is 5.79. The molecule has 1 aliphatic carbocycles. The van der Waals surface area contributed by atoms with E-state index in [1.165, 1.54) is 24.8 Å². The maximum absolute atomic E-state index is 5.81. The van der Waals surface area contributed by atoms with Crippen molar-refractivity contribution in [2.24, 2.45) is 11.8 Å². The van der Waals surface area contributed by atoms with Crippen LogP contribution in [0.1, 0.15) is 37.8 Å². The van der Waals surface area contributed by atoms with Crippen LogP contribution in [-0.4, -0.2) is 13.2 Å². The molecular formula is C17H23NO. The summed E-state index contributed by atoms with van der Waals surface area (Å²) in [4.78, 5) is 0. The van der Waals surface area contributed by atoms with Gasteiger partial charge in [0.15, 0.2) is 0 Å². The van der Waals surface area contributed by atoms with Crippen molar-refractivity contribution in [3.63, 3.8) is 0 Å². The summed E-state index contributed by atoms with van der Waals surface area (Å²) in [6.45, 7) is 4.21. The van der Waals surface area contributed by atoms with Gasteiger partial charge in [-0.3, -0.25) is 0 Å². The van der Waals surface area contributed by atoms with Gasteiger partial charge in [0.1, 0.15) is 5.75 Å². The molecule has 3 rings (SSSR count). The van der Waals surface area contributed by atoms with Gasteiger partial charge in [-0.1, -0.05) is 37.3 Å². The molecule has 102 valence electrons. The first-order chi connectivity index (χ1) is 9.34. The minimum Gasteiger partial charge on any atom is -0.493 e. The van der Waals surface area contributed by atoms with Gasteiger partial charge < -0.3 is 10.1 Å². The van der Waals surface area contributed by atoms with Gasteiger partial charge in [0, 0.05) is 17.5 Å². The Balaban J connectivity index is 1.67. The summed E-state index contributed by atoms with van der Waals surface area (Å²) >= 11 is 0.